The summed E-state index contributed by atoms with van der Waals surface area (Å²) in [5.74, 6) is 0. The minimum Gasteiger partial charge on any atom is -0.423 e. The molecule has 70 valence electrons. The highest BCUT2D eigenvalue weighted by molar-refractivity contribution is 6.58. The van der Waals surface area contributed by atoms with Crippen LogP contribution >= 0.6 is 0 Å². The molecule has 0 fully saturated rings. The highest BCUT2D eigenvalue weighted by Gasteiger charge is 2.09. The fourth-order valence-electron chi connectivity index (χ4n) is 1.25. The van der Waals surface area contributed by atoms with E-state index in [0.717, 1.165) is 11.3 Å². The van der Waals surface area contributed by atoms with Crippen LogP contribution in [0.5, 0.6) is 0 Å². The Kier molecular flexibility index (Phi) is 2.34. The molecule has 0 saturated carbocycles. The molecule has 2 rings (SSSR count). The quantitative estimate of drug-likeness (QED) is 0.569. The maximum Gasteiger partial charge on any atom is 0.488 e. The minimum absolute atomic E-state index is 0.480. The van der Waals surface area contributed by atoms with Crippen LogP contribution in [0.1, 0.15) is 0 Å². The van der Waals surface area contributed by atoms with Gasteiger partial charge in [0.05, 0.1) is 18.2 Å². The van der Waals surface area contributed by atoms with Crippen molar-refractivity contribution in [3.8, 4) is 11.3 Å². The average Bonchev–Trinajstić information content (AvgIpc) is 2.71. The molecule has 1 aromatic heterocycles. The second-order valence-corrected chi connectivity index (χ2v) is 2.96. The number of hydrogen-bond acceptors (Lipinski definition) is 3. The zero-order valence-corrected chi connectivity index (χ0v) is 7.38. The topological polar surface area (TPSA) is 69.1 Å². The first-order valence-corrected chi connectivity index (χ1v) is 4.22. The van der Waals surface area contributed by atoms with Gasteiger partial charge in [0, 0.05) is 0 Å². The van der Waals surface area contributed by atoms with Crippen molar-refractivity contribution in [3.63, 3.8) is 0 Å². The Labute approximate surface area is 81.4 Å². The Hall–Kier alpha value is -1.59. The average molecular weight is 188 g/mol. The van der Waals surface area contributed by atoms with Gasteiger partial charge in [0.25, 0.3) is 0 Å². The zero-order valence-electron chi connectivity index (χ0n) is 7.38. The van der Waals surface area contributed by atoms with Gasteiger partial charge in [-0.3, -0.25) is 0 Å². The van der Waals surface area contributed by atoms with Gasteiger partial charge < -0.3 is 15.0 Å². The van der Waals surface area contributed by atoms with Gasteiger partial charge in [-0.05, 0) is 11.0 Å². The second kappa shape index (κ2) is 3.65. The molecule has 0 aliphatic carbocycles. The van der Waals surface area contributed by atoms with Gasteiger partial charge in [0.15, 0.2) is 0 Å². The van der Waals surface area contributed by atoms with Gasteiger partial charge in [-0.2, -0.15) is 0 Å². The zero-order chi connectivity index (χ0) is 9.97. The highest BCUT2D eigenvalue weighted by atomic mass is 16.4. The predicted molar refractivity (Wildman–Crippen MR) is 53.8 cm³/mol. The number of H-pyrrole nitrogens is 1. The van der Waals surface area contributed by atoms with Crippen LogP contribution in [-0.4, -0.2) is 27.1 Å². The van der Waals surface area contributed by atoms with Crippen LogP contribution in [0, 0.1) is 0 Å². The maximum absolute atomic E-state index is 8.88. The molecular formula is C9H9BN2O2. The smallest absolute Gasteiger partial charge is 0.423 e. The van der Waals surface area contributed by atoms with Gasteiger partial charge in [-0.25, -0.2) is 4.98 Å². The first kappa shape index (κ1) is 8.99. The van der Waals surface area contributed by atoms with Gasteiger partial charge in [0.2, 0.25) is 0 Å². The molecule has 0 spiro atoms. The fraction of sp³-hybridized carbons (Fsp3) is 0. The van der Waals surface area contributed by atoms with Gasteiger partial charge in [-0.1, -0.05) is 24.3 Å². The summed E-state index contributed by atoms with van der Waals surface area (Å²) in [6.45, 7) is 0. The monoisotopic (exact) mass is 188 g/mol. The van der Waals surface area contributed by atoms with E-state index in [1.165, 1.54) is 0 Å². The molecule has 2 aromatic rings. The number of nitrogens with zero attached hydrogens (tertiary/aromatic N) is 1. The molecule has 3 N–H and O–H groups in total. The third kappa shape index (κ3) is 1.68. The molecule has 1 aromatic carbocycles. The molecule has 0 saturated heterocycles. The maximum atomic E-state index is 8.88. The van der Waals surface area contributed by atoms with Crippen molar-refractivity contribution in [2.24, 2.45) is 0 Å². The summed E-state index contributed by atoms with van der Waals surface area (Å²) in [6.07, 6.45) is 3.31. The van der Waals surface area contributed by atoms with E-state index in [1.54, 1.807) is 24.7 Å². The van der Waals surface area contributed by atoms with Crippen LogP contribution in [0.25, 0.3) is 11.3 Å². The van der Waals surface area contributed by atoms with E-state index in [0.29, 0.717) is 5.46 Å². The summed E-state index contributed by atoms with van der Waals surface area (Å²) >= 11 is 0. The normalized spacial score (nSPS) is 10.1. The van der Waals surface area contributed by atoms with Crippen molar-refractivity contribution in [1.82, 2.24) is 9.97 Å². The summed E-state index contributed by atoms with van der Waals surface area (Å²) in [5.41, 5.74) is 2.35. The van der Waals surface area contributed by atoms with Crippen molar-refractivity contribution in [1.29, 1.82) is 0 Å². The SMILES string of the molecule is OB(O)c1ccc(-c2cnc[nH]2)cc1. The Balaban J connectivity index is 2.31. The Morgan fingerprint density at radius 3 is 2.36 bits per heavy atom. The number of aromatic amines is 1. The number of benzene rings is 1. The van der Waals surface area contributed by atoms with E-state index in [1.807, 2.05) is 12.1 Å². The van der Waals surface area contributed by atoms with Crippen molar-refractivity contribution < 1.29 is 10.0 Å². The second-order valence-electron chi connectivity index (χ2n) is 2.96. The summed E-state index contributed by atoms with van der Waals surface area (Å²) in [7, 11) is -1.41. The van der Waals surface area contributed by atoms with E-state index in [-0.39, 0.29) is 0 Å². The molecule has 5 heteroatoms. The minimum atomic E-state index is -1.41. The third-order valence-corrected chi connectivity index (χ3v) is 2.02. The molecule has 14 heavy (non-hydrogen) atoms. The molecule has 0 amide bonds. The molecule has 0 atom stereocenters. The number of aromatic nitrogens is 2. The lowest BCUT2D eigenvalue weighted by Gasteiger charge is -2.00. The van der Waals surface area contributed by atoms with Crippen LogP contribution in [0.4, 0.5) is 0 Å². The van der Waals surface area contributed by atoms with E-state index in [4.69, 9.17) is 10.0 Å². The summed E-state index contributed by atoms with van der Waals surface area (Å²) in [4.78, 5) is 6.87. The van der Waals surface area contributed by atoms with Crippen LogP contribution in [-0.2, 0) is 0 Å². The molecule has 0 unspecified atom stereocenters. The van der Waals surface area contributed by atoms with E-state index in [9.17, 15) is 0 Å². The molecular weight excluding hydrogens is 179 g/mol. The van der Waals surface area contributed by atoms with Crippen LogP contribution < -0.4 is 5.46 Å². The first-order chi connectivity index (χ1) is 6.77. The lowest BCUT2D eigenvalue weighted by molar-refractivity contribution is 0.426. The molecule has 0 aliphatic heterocycles. The number of hydrogen-bond donors (Lipinski definition) is 3. The van der Waals surface area contributed by atoms with Crippen molar-refractivity contribution in [3.05, 3.63) is 36.8 Å². The van der Waals surface area contributed by atoms with Gasteiger partial charge >= 0.3 is 7.12 Å². The summed E-state index contributed by atoms with van der Waals surface area (Å²) in [6, 6.07) is 6.95. The lowest BCUT2D eigenvalue weighted by Crippen LogP contribution is -2.29. The van der Waals surface area contributed by atoms with Crippen molar-refractivity contribution >= 4 is 12.6 Å². The highest BCUT2D eigenvalue weighted by Crippen LogP contribution is 2.13. The standard InChI is InChI=1S/C9H9BN2O2/c13-10(14)8-3-1-7(2-4-8)9-5-11-6-12-9/h1-6,13-14H,(H,11,12). The molecule has 0 aliphatic rings. The summed E-state index contributed by atoms with van der Waals surface area (Å²) in [5, 5.41) is 17.8. The number of nitrogens with one attached hydrogen (secondary N) is 1. The van der Waals surface area contributed by atoms with Gasteiger partial charge in [-0.15, -0.1) is 0 Å². The Morgan fingerprint density at radius 2 is 1.86 bits per heavy atom. The van der Waals surface area contributed by atoms with E-state index < -0.39 is 7.12 Å². The Morgan fingerprint density at radius 1 is 1.14 bits per heavy atom. The molecule has 0 radical (unpaired) electrons. The largest absolute Gasteiger partial charge is 0.488 e. The summed E-state index contributed by atoms with van der Waals surface area (Å²) < 4.78 is 0. The first-order valence-electron chi connectivity index (χ1n) is 4.22. The third-order valence-electron chi connectivity index (χ3n) is 2.02. The van der Waals surface area contributed by atoms with Crippen molar-refractivity contribution in [2.45, 2.75) is 0 Å². The number of imidazole rings is 1. The fourth-order valence-corrected chi connectivity index (χ4v) is 1.25. The van der Waals surface area contributed by atoms with E-state index >= 15 is 0 Å². The lowest BCUT2D eigenvalue weighted by atomic mass is 9.80. The van der Waals surface area contributed by atoms with E-state index in [2.05, 4.69) is 9.97 Å². The molecule has 0 bridgehead atoms. The molecule has 4 nitrogen and oxygen atoms in total. The number of rotatable bonds is 2. The predicted octanol–water partition coefficient (Wildman–Crippen LogP) is -0.244. The van der Waals surface area contributed by atoms with Crippen LogP contribution in [0.15, 0.2) is 36.8 Å². The van der Waals surface area contributed by atoms with Crippen LogP contribution in [0.3, 0.4) is 0 Å². The van der Waals surface area contributed by atoms with Gasteiger partial charge in [0.1, 0.15) is 0 Å². The Bertz CT molecular complexity index is 397. The van der Waals surface area contributed by atoms with Crippen LogP contribution in [0.2, 0.25) is 0 Å². The molecule has 1 heterocycles. The van der Waals surface area contributed by atoms with Crippen molar-refractivity contribution in [2.75, 3.05) is 0 Å².